The van der Waals surface area contributed by atoms with Crippen LogP contribution in [0.1, 0.15) is 23.5 Å². The Bertz CT molecular complexity index is 560. The van der Waals surface area contributed by atoms with Gasteiger partial charge in [0, 0.05) is 42.8 Å². The van der Waals surface area contributed by atoms with E-state index in [0.717, 1.165) is 19.6 Å². The Kier molecular flexibility index (Phi) is 2.63. The molecular weight excluding hydrogens is 256 g/mol. The number of hydrogen-bond acceptors (Lipinski definition) is 3. The van der Waals surface area contributed by atoms with Gasteiger partial charge in [0.1, 0.15) is 0 Å². The van der Waals surface area contributed by atoms with Crippen LogP contribution in [0.4, 0.5) is 10.5 Å². The number of para-hydroxylation sites is 1. The van der Waals surface area contributed by atoms with Gasteiger partial charge in [-0.25, -0.2) is 4.79 Å². The fraction of sp³-hybridized carbons (Fsp3) is 0.533. The Hall–Kier alpha value is -1.75. The first-order valence-electron chi connectivity index (χ1n) is 7.20. The van der Waals surface area contributed by atoms with Crippen LogP contribution in [0.25, 0.3) is 0 Å². The molecule has 0 spiro atoms. The minimum Gasteiger partial charge on any atom is -0.465 e. The van der Waals surface area contributed by atoms with Crippen molar-refractivity contribution in [1.82, 2.24) is 4.90 Å². The average molecular weight is 274 g/mol. The Morgan fingerprint density at radius 1 is 1.35 bits per heavy atom. The maximum Gasteiger partial charge on any atom is 0.407 e. The lowest BCUT2D eigenvalue weighted by molar-refractivity contribution is 0.120. The fourth-order valence-corrected chi connectivity index (χ4v) is 3.96. The zero-order valence-electron chi connectivity index (χ0n) is 11.3. The smallest absolute Gasteiger partial charge is 0.407 e. The van der Waals surface area contributed by atoms with Gasteiger partial charge in [0.05, 0.1) is 13.2 Å². The van der Waals surface area contributed by atoms with Gasteiger partial charge in [0.25, 0.3) is 0 Å². The number of rotatable bonds is 0. The molecule has 0 aromatic heterocycles. The summed E-state index contributed by atoms with van der Waals surface area (Å²) in [6.45, 7) is 3.59. The highest BCUT2D eigenvalue weighted by Crippen LogP contribution is 2.47. The third-order valence-electron chi connectivity index (χ3n) is 4.82. The lowest BCUT2D eigenvalue weighted by Gasteiger charge is -2.37. The Balaban J connectivity index is 1.77. The summed E-state index contributed by atoms with van der Waals surface area (Å²) in [5.74, 6) is 0.313. The summed E-state index contributed by atoms with van der Waals surface area (Å²) in [5.41, 5.74) is 3.87. The second kappa shape index (κ2) is 4.38. The monoisotopic (exact) mass is 274 g/mol. The maximum atomic E-state index is 11.2. The minimum atomic E-state index is -0.796. The van der Waals surface area contributed by atoms with Crippen molar-refractivity contribution < 1.29 is 14.6 Å². The van der Waals surface area contributed by atoms with E-state index >= 15 is 0 Å². The van der Waals surface area contributed by atoms with Crippen molar-refractivity contribution in [3.63, 3.8) is 0 Å². The highest BCUT2D eigenvalue weighted by Gasteiger charge is 2.44. The van der Waals surface area contributed by atoms with Gasteiger partial charge >= 0.3 is 6.09 Å². The molecule has 4 rings (SSSR count). The number of fused-ring (bicyclic) bond motifs is 3. The molecular formula is C15H18N2O3. The molecule has 5 nitrogen and oxygen atoms in total. The minimum absolute atomic E-state index is 0.313. The highest BCUT2D eigenvalue weighted by atomic mass is 16.5. The largest absolute Gasteiger partial charge is 0.465 e. The molecule has 5 heteroatoms. The molecule has 1 fully saturated rings. The van der Waals surface area contributed by atoms with Gasteiger partial charge in [0.15, 0.2) is 0 Å². The van der Waals surface area contributed by atoms with E-state index in [4.69, 9.17) is 4.74 Å². The molecule has 0 unspecified atom stereocenters. The van der Waals surface area contributed by atoms with E-state index in [9.17, 15) is 9.90 Å². The van der Waals surface area contributed by atoms with Gasteiger partial charge in [-0.15, -0.1) is 0 Å². The third-order valence-corrected chi connectivity index (χ3v) is 4.82. The van der Waals surface area contributed by atoms with Crippen molar-refractivity contribution in [2.24, 2.45) is 0 Å². The second-order valence-corrected chi connectivity index (χ2v) is 5.79. The first-order chi connectivity index (χ1) is 9.75. The van der Waals surface area contributed by atoms with E-state index in [1.165, 1.54) is 16.8 Å². The number of anilines is 1. The van der Waals surface area contributed by atoms with E-state index in [1.807, 2.05) is 0 Å². The number of carbonyl (C=O) groups is 1. The summed E-state index contributed by atoms with van der Waals surface area (Å²) in [4.78, 5) is 15.3. The molecule has 1 aromatic carbocycles. The average Bonchev–Trinajstić information content (AvgIpc) is 2.63. The van der Waals surface area contributed by atoms with Crippen molar-refractivity contribution in [3.05, 3.63) is 29.3 Å². The van der Waals surface area contributed by atoms with E-state index in [-0.39, 0.29) is 0 Å². The lowest BCUT2D eigenvalue weighted by atomic mass is 9.89. The van der Waals surface area contributed by atoms with Crippen LogP contribution in [0.5, 0.6) is 0 Å². The van der Waals surface area contributed by atoms with Gasteiger partial charge in [-0.1, -0.05) is 18.2 Å². The maximum absolute atomic E-state index is 11.2. The van der Waals surface area contributed by atoms with Crippen molar-refractivity contribution in [2.45, 2.75) is 25.0 Å². The first-order valence-corrected chi connectivity index (χ1v) is 7.20. The van der Waals surface area contributed by atoms with Crippen molar-refractivity contribution in [2.75, 3.05) is 31.1 Å². The molecule has 0 aliphatic carbocycles. The standard InChI is InChI=1S/C15H18N2O3/c18-15(19)16-5-4-13-12(8-16)11-3-1-2-10-9-20-7-6-17(13)14(10)11/h1-3,12-13H,4-9H2,(H,18,19)/t12-,13-/m0/s1. The molecule has 3 aliphatic heterocycles. The predicted molar refractivity (Wildman–Crippen MR) is 74.2 cm³/mol. The third kappa shape index (κ3) is 1.62. The van der Waals surface area contributed by atoms with Crippen LogP contribution >= 0.6 is 0 Å². The summed E-state index contributed by atoms with van der Waals surface area (Å²) >= 11 is 0. The molecule has 20 heavy (non-hydrogen) atoms. The van der Waals surface area contributed by atoms with Gasteiger partial charge in [-0.2, -0.15) is 0 Å². The van der Waals surface area contributed by atoms with Crippen LogP contribution < -0.4 is 4.90 Å². The van der Waals surface area contributed by atoms with Gasteiger partial charge in [-0.05, 0) is 12.0 Å². The van der Waals surface area contributed by atoms with Crippen LogP contribution in [0.3, 0.4) is 0 Å². The molecule has 3 aliphatic rings. The van der Waals surface area contributed by atoms with Crippen molar-refractivity contribution in [1.29, 1.82) is 0 Å². The van der Waals surface area contributed by atoms with E-state index in [0.29, 0.717) is 31.7 Å². The number of benzene rings is 1. The summed E-state index contributed by atoms with van der Waals surface area (Å²) in [7, 11) is 0. The molecule has 0 saturated carbocycles. The van der Waals surface area contributed by atoms with Crippen LogP contribution in [-0.2, 0) is 11.3 Å². The fourth-order valence-electron chi connectivity index (χ4n) is 3.96. The van der Waals surface area contributed by atoms with Gasteiger partial charge in [0.2, 0.25) is 0 Å². The Labute approximate surface area is 117 Å². The quantitative estimate of drug-likeness (QED) is 0.784. The number of ether oxygens (including phenoxy) is 1. The number of nitrogens with zero attached hydrogens (tertiary/aromatic N) is 2. The molecule has 0 radical (unpaired) electrons. The van der Waals surface area contributed by atoms with E-state index < -0.39 is 6.09 Å². The topological polar surface area (TPSA) is 53.0 Å². The SMILES string of the molecule is O=C(O)N1CC[C@H]2[C@@H](C1)c1cccc3c1N2CCOC3. The lowest BCUT2D eigenvalue weighted by Crippen LogP contribution is -2.48. The number of amides is 1. The van der Waals surface area contributed by atoms with Crippen LogP contribution in [-0.4, -0.2) is 48.4 Å². The molecule has 2 atom stereocenters. The molecule has 0 bridgehead atoms. The number of hydrogen-bond donors (Lipinski definition) is 1. The number of likely N-dealkylation sites (tertiary alicyclic amines) is 1. The zero-order chi connectivity index (χ0) is 13.7. The van der Waals surface area contributed by atoms with Gasteiger partial charge < -0.3 is 19.6 Å². The summed E-state index contributed by atoms with van der Waals surface area (Å²) in [6.07, 6.45) is 0.112. The Morgan fingerprint density at radius 3 is 3.10 bits per heavy atom. The first kappa shape index (κ1) is 12.0. The van der Waals surface area contributed by atoms with Crippen LogP contribution in [0.2, 0.25) is 0 Å². The molecule has 1 amide bonds. The van der Waals surface area contributed by atoms with Crippen molar-refractivity contribution in [3.8, 4) is 0 Å². The summed E-state index contributed by atoms with van der Waals surface area (Å²) in [5, 5.41) is 9.23. The highest BCUT2D eigenvalue weighted by molar-refractivity contribution is 5.69. The van der Waals surface area contributed by atoms with Crippen LogP contribution in [0.15, 0.2) is 18.2 Å². The van der Waals surface area contributed by atoms with E-state index in [2.05, 4.69) is 23.1 Å². The molecule has 1 aromatic rings. The molecule has 3 heterocycles. The Morgan fingerprint density at radius 2 is 2.25 bits per heavy atom. The normalized spacial score (nSPS) is 27.8. The van der Waals surface area contributed by atoms with Gasteiger partial charge in [-0.3, -0.25) is 0 Å². The number of carboxylic acid groups (broad SMARTS) is 1. The molecule has 1 saturated heterocycles. The molecule has 106 valence electrons. The number of piperidine rings is 1. The molecule has 1 N–H and O–H groups in total. The second-order valence-electron chi connectivity index (χ2n) is 5.79. The predicted octanol–water partition coefficient (Wildman–Crippen LogP) is 1.87. The van der Waals surface area contributed by atoms with E-state index in [1.54, 1.807) is 4.90 Å². The summed E-state index contributed by atoms with van der Waals surface area (Å²) in [6, 6.07) is 6.79. The van der Waals surface area contributed by atoms with Crippen LogP contribution in [0, 0.1) is 0 Å². The van der Waals surface area contributed by atoms with Crippen molar-refractivity contribution >= 4 is 11.8 Å². The zero-order valence-corrected chi connectivity index (χ0v) is 11.3. The summed E-state index contributed by atoms with van der Waals surface area (Å²) < 4.78 is 5.67.